The molecule has 1 aromatic rings. The van der Waals surface area contributed by atoms with Gasteiger partial charge in [-0.2, -0.15) is 0 Å². The average Bonchev–Trinajstić information content (AvgIpc) is 2.55. The first-order chi connectivity index (χ1) is 11.1. The molecule has 4 heteroatoms. The lowest BCUT2D eigenvalue weighted by Crippen LogP contribution is -2.24. The van der Waals surface area contributed by atoms with Crippen molar-refractivity contribution in [3.8, 4) is 0 Å². The van der Waals surface area contributed by atoms with Crippen LogP contribution in [0, 0.1) is 0 Å². The molecule has 0 aliphatic rings. The zero-order chi connectivity index (χ0) is 16.9. The van der Waals surface area contributed by atoms with E-state index in [0.29, 0.717) is 15.6 Å². The first-order valence-electron chi connectivity index (χ1n) is 8.88. The Labute approximate surface area is 150 Å². The molecular formula is C19H29Cl2NO. The van der Waals surface area contributed by atoms with E-state index in [2.05, 4.69) is 12.2 Å². The summed E-state index contributed by atoms with van der Waals surface area (Å²) < 4.78 is 0. The van der Waals surface area contributed by atoms with Gasteiger partial charge < -0.3 is 5.32 Å². The van der Waals surface area contributed by atoms with Gasteiger partial charge in [0, 0.05) is 12.1 Å². The number of benzene rings is 1. The molecule has 130 valence electrons. The third-order valence-electron chi connectivity index (χ3n) is 4.00. The average molecular weight is 358 g/mol. The highest BCUT2D eigenvalue weighted by Crippen LogP contribution is 2.22. The van der Waals surface area contributed by atoms with Crippen LogP contribution in [0.25, 0.3) is 0 Å². The van der Waals surface area contributed by atoms with Crippen LogP contribution >= 0.6 is 23.2 Å². The number of rotatable bonds is 12. The van der Waals surface area contributed by atoms with Crippen LogP contribution in [0.2, 0.25) is 10.0 Å². The van der Waals surface area contributed by atoms with E-state index in [1.807, 2.05) is 0 Å². The van der Waals surface area contributed by atoms with Crippen LogP contribution in [0.3, 0.4) is 0 Å². The summed E-state index contributed by atoms with van der Waals surface area (Å²) in [7, 11) is 0. The van der Waals surface area contributed by atoms with Crippen molar-refractivity contribution in [2.45, 2.75) is 71.1 Å². The fourth-order valence-corrected chi connectivity index (χ4v) is 2.85. The Balaban J connectivity index is 2.00. The summed E-state index contributed by atoms with van der Waals surface area (Å²) >= 11 is 11.8. The van der Waals surface area contributed by atoms with Gasteiger partial charge in [-0.15, -0.1) is 0 Å². The molecule has 0 saturated heterocycles. The molecule has 0 atom stereocenters. The van der Waals surface area contributed by atoms with Crippen molar-refractivity contribution in [3.63, 3.8) is 0 Å². The lowest BCUT2D eigenvalue weighted by Gasteiger charge is -2.06. The fourth-order valence-electron chi connectivity index (χ4n) is 2.55. The van der Waals surface area contributed by atoms with Gasteiger partial charge in [0.15, 0.2) is 0 Å². The van der Waals surface area contributed by atoms with Gasteiger partial charge in [0.1, 0.15) is 0 Å². The first kappa shape index (κ1) is 20.3. The van der Waals surface area contributed by atoms with Crippen molar-refractivity contribution < 1.29 is 4.79 Å². The van der Waals surface area contributed by atoms with Crippen molar-refractivity contribution in [2.24, 2.45) is 0 Å². The third kappa shape index (κ3) is 9.22. The van der Waals surface area contributed by atoms with Gasteiger partial charge in [0.05, 0.1) is 10.0 Å². The van der Waals surface area contributed by atoms with E-state index in [9.17, 15) is 4.79 Å². The topological polar surface area (TPSA) is 29.1 Å². The zero-order valence-corrected chi connectivity index (χ0v) is 15.7. The number of hydrogen-bond donors (Lipinski definition) is 1. The Kier molecular flexibility index (Phi) is 11.2. The Morgan fingerprint density at radius 3 is 2.00 bits per heavy atom. The van der Waals surface area contributed by atoms with E-state index in [1.54, 1.807) is 18.2 Å². The van der Waals surface area contributed by atoms with Crippen molar-refractivity contribution in [3.05, 3.63) is 33.8 Å². The van der Waals surface area contributed by atoms with Crippen LogP contribution in [0.15, 0.2) is 18.2 Å². The fraction of sp³-hybridized carbons (Fsp3) is 0.632. The van der Waals surface area contributed by atoms with Gasteiger partial charge in [0.2, 0.25) is 0 Å². The van der Waals surface area contributed by atoms with E-state index in [-0.39, 0.29) is 5.91 Å². The summed E-state index contributed by atoms with van der Waals surface area (Å²) in [6.45, 7) is 2.97. The quantitative estimate of drug-likeness (QED) is 0.417. The minimum Gasteiger partial charge on any atom is -0.352 e. The molecule has 0 heterocycles. The highest BCUT2D eigenvalue weighted by molar-refractivity contribution is 6.42. The van der Waals surface area contributed by atoms with E-state index >= 15 is 0 Å². The smallest absolute Gasteiger partial charge is 0.251 e. The second kappa shape index (κ2) is 12.7. The summed E-state index contributed by atoms with van der Waals surface area (Å²) in [5.74, 6) is -0.0838. The van der Waals surface area contributed by atoms with Gasteiger partial charge in [-0.05, 0) is 24.6 Å². The lowest BCUT2D eigenvalue weighted by atomic mass is 10.1. The number of nitrogens with one attached hydrogen (secondary N) is 1. The maximum absolute atomic E-state index is 12.0. The minimum absolute atomic E-state index is 0.0838. The molecule has 0 saturated carbocycles. The molecule has 1 rings (SSSR count). The summed E-state index contributed by atoms with van der Waals surface area (Å²) in [4.78, 5) is 12.0. The Bertz CT molecular complexity index is 463. The standard InChI is InChI=1S/C19H29Cl2NO/c1-2-3-4-5-6-7-8-9-10-11-14-22-19(23)16-12-13-17(20)18(21)15-16/h12-13,15H,2-11,14H2,1H3,(H,22,23). The molecule has 0 unspecified atom stereocenters. The lowest BCUT2D eigenvalue weighted by molar-refractivity contribution is 0.0953. The molecule has 0 aliphatic carbocycles. The molecular weight excluding hydrogens is 329 g/mol. The number of hydrogen-bond acceptors (Lipinski definition) is 1. The molecule has 2 nitrogen and oxygen atoms in total. The number of unbranched alkanes of at least 4 members (excludes halogenated alkanes) is 9. The van der Waals surface area contributed by atoms with E-state index in [1.165, 1.54) is 57.8 Å². The Morgan fingerprint density at radius 2 is 1.43 bits per heavy atom. The monoisotopic (exact) mass is 357 g/mol. The van der Waals surface area contributed by atoms with Gasteiger partial charge >= 0.3 is 0 Å². The van der Waals surface area contributed by atoms with Crippen molar-refractivity contribution in [1.82, 2.24) is 5.32 Å². The maximum Gasteiger partial charge on any atom is 0.251 e. The molecule has 0 bridgehead atoms. The molecule has 1 aromatic carbocycles. The minimum atomic E-state index is -0.0838. The normalized spacial score (nSPS) is 10.7. The van der Waals surface area contributed by atoms with E-state index in [4.69, 9.17) is 23.2 Å². The van der Waals surface area contributed by atoms with Crippen LogP contribution in [-0.4, -0.2) is 12.5 Å². The van der Waals surface area contributed by atoms with Crippen molar-refractivity contribution >= 4 is 29.1 Å². The summed E-state index contributed by atoms with van der Waals surface area (Å²) in [6.07, 6.45) is 13.0. The van der Waals surface area contributed by atoms with Crippen LogP contribution in [0.1, 0.15) is 81.5 Å². The molecule has 0 spiro atoms. The van der Waals surface area contributed by atoms with Crippen LogP contribution in [0.5, 0.6) is 0 Å². The maximum atomic E-state index is 12.0. The number of carbonyl (C=O) groups is 1. The number of amides is 1. The molecule has 23 heavy (non-hydrogen) atoms. The third-order valence-corrected chi connectivity index (χ3v) is 4.74. The molecule has 1 amide bonds. The van der Waals surface area contributed by atoms with Gasteiger partial charge in [-0.3, -0.25) is 4.79 Å². The highest BCUT2D eigenvalue weighted by atomic mass is 35.5. The van der Waals surface area contributed by atoms with Gasteiger partial charge in [-0.25, -0.2) is 0 Å². The molecule has 0 aromatic heterocycles. The predicted molar refractivity (Wildman–Crippen MR) is 101 cm³/mol. The largest absolute Gasteiger partial charge is 0.352 e. The second-order valence-electron chi connectivity index (χ2n) is 6.07. The SMILES string of the molecule is CCCCCCCCCCCCNC(=O)c1ccc(Cl)c(Cl)c1. The Morgan fingerprint density at radius 1 is 0.870 bits per heavy atom. The van der Waals surface area contributed by atoms with Crippen LogP contribution in [0.4, 0.5) is 0 Å². The zero-order valence-electron chi connectivity index (χ0n) is 14.2. The first-order valence-corrected chi connectivity index (χ1v) is 9.64. The summed E-state index contributed by atoms with van der Waals surface area (Å²) in [5.41, 5.74) is 0.562. The summed E-state index contributed by atoms with van der Waals surface area (Å²) in [5, 5.41) is 3.82. The Hall–Kier alpha value is -0.730. The second-order valence-corrected chi connectivity index (χ2v) is 6.88. The highest BCUT2D eigenvalue weighted by Gasteiger charge is 2.07. The number of halogens is 2. The van der Waals surface area contributed by atoms with Crippen LogP contribution < -0.4 is 5.32 Å². The molecule has 1 N–H and O–H groups in total. The molecule has 0 fully saturated rings. The number of carbonyl (C=O) groups excluding carboxylic acids is 1. The van der Waals surface area contributed by atoms with E-state index in [0.717, 1.165) is 13.0 Å². The van der Waals surface area contributed by atoms with Crippen LogP contribution in [-0.2, 0) is 0 Å². The summed E-state index contributed by atoms with van der Waals surface area (Å²) in [6, 6.07) is 4.96. The molecule has 0 aliphatic heterocycles. The van der Waals surface area contributed by atoms with Crippen molar-refractivity contribution in [1.29, 1.82) is 0 Å². The molecule has 0 radical (unpaired) electrons. The van der Waals surface area contributed by atoms with E-state index < -0.39 is 0 Å². The van der Waals surface area contributed by atoms with Crippen molar-refractivity contribution in [2.75, 3.05) is 6.54 Å². The predicted octanol–water partition coefficient (Wildman–Crippen LogP) is 6.64. The van der Waals surface area contributed by atoms with Gasteiger partial charge in [0.25, 0.3) is 5.91 Å². The van der Waals surface area contributed by atoms with Gasteiger partial charge in [-0.1, -0.05) is 87.9 Å².